The van der Waals surface area contributed by atoms with E-state index >= 15 is 0 Å². The average molecular weight is 1490 g/mol. The van der Waals surface area contributed by atoms with Gasteiger partial charge in [0.1, 0.15) is 31.8 Å². The second-order valence-corrected chi connectivity index (χ2v) is 33.4. The summed E-state index contributed by atoms with van der Waals surface area (Å²) in [5.74, 6) is -0.731. The summed E-state index contributed by atoms with van der Waals surface area (Å²) in [6.45, 7) is -1.73. The monoisotopic (exact) mass is 1490 g/mol. The van der Waals surface area contributed by atoms with Crippen LogP contribution in [0.1, 0.15) is 44.3 Å². The molecule has 0 bridgehead atoms. The molecule has 0 aromatic carbocycles. The minimum atomic E-state index is -5.93. The van der Waals surface area contributed by atoms with E-state index in [1.807, 2.05) is 0 Å². The molecule has 93 heavy (non-hydrogen) atoms. The van der Waals surface area contributed by atoms with Crippen LogP contribution in [0.3, 0.4) is 0 Å². The molecule has 0 radical (unpaired) electrons. The Labute approximate surface area is 535 Å². The normalized spacial score (nSPS) is 31.4. The zero-order chi connectivity index (χ0) is 67.6. The van der Waals surface area contributed by atoms with Gasteiger partial charge in [0.05, 0.1) is 75.2 Å². The van der Waals surface area contributed by atoms with Gasteiger partial charge < -0.3 is 104 Å². The Morgan fingerprint density at radius 3 is 1.46 bits per heavy atom. The Morgan fingerprint density at radius 1 is 0.516 bits per heavy atom. The lowest BCUT2D eigenvalue weighted by Crippen LogP contribution is -2.39. The summed E-state index contributed by atoms with van der Waals surface area (Å²) < 4.78 is 117. The summed E-state index contributed by atoms with van der Waals surface area (Å²) in [7, 11) is -31.7. The Balaban J connectivity index is 0.871. The minimum Gasteiger partial charge on any atom is -0.390 e. The maximum atomic E-state index is 13.0. The van der Waals surface area contributed by atoms with E-state index in [-0.39, 0.29) is 69.2 Å². The van der Waals surface area contributed by atoms with E-state index < -0.39 is 163 Å². The number of nitrogens with zero attached hydrogens (tertiary/aromatic N) is 12. The molecule has 16 N–H and O–H groups in total. The van der Waals surface area contributed by atoms with E-state index in [1.165, 1.54) is 42.2 Å². The van der Waals surface area contributed by atoms with Crippen molar-refractivity contribution < 1.29 is 128 Å². The second-order valence-electron chi connectivity index (χ2n) is 22.6. The molecule has 514 valence electrons. The molecule has 5 fully saturated rings. The third-order valence-electron chi connectivity index (χ3n) is 17.0. The number of ether oxygens (including phenoxy) is 2. The molecule has 0 spiro atoms. The molecule has 4 unspecified atom stereocenters. The van der Waals surface area contributed by atoms with Crippen LogP contribution in [0, 0.1) is 28.1 Å². The van der Waals surface area contributed by atoms with Gasteiger partial charge in [-0.15, -0.1) is 0 Å². The van der Waals surface area contributed by atoms with E-state index in [0.29, 0.717) is 16.5 Å². The molecule has 0 amide bonds. The number of phosphoric ester groups is 3. The highest BCUT2D eigenvalue weighted by atomic mass is 32.2. The number of hydrogen-bond donors (Lipinski definition) is 16. The lowest BCUT2D eigenvalue weighted by Gasteiger charge is -2.30. The zero-order valence-electron chi connectivity index (χ0n) is 48.5. The predicted molar refractivity (Wildman–Crippen MR) is 319 cm³/mol. The highest BCUT2D eigenvalue weighted by Crippen LogP contribution is 2.72. The molecule has 5 aliphatic rings. The van der Waals surface area contributed by atoms with Crippen LogP contribution >= 0.6 is 82.2 Å². The van der Waals surface area contributed by atoms with Crippen molar-refractivity contribution in [3.05, 3.63) is 19.0 Å². The van der Waals surface area contributed by atoms with Gasteiger partial charge >= 0.3 is 46.9 Å². The molecular formula is C42H61N15O27P6S3. The fraction of sp³-hybridized carbons (Fsp3) is 0.643. The molecule has 6 aromatic rings. The van der Waals surface area contributed by atoms with Crippen molar-refractivity contribution in [3.8, 4) is 0 Å². The van der Waals surface area contributed by atoms with E-state index in [9.17, 15) is 82.1 Å². The smallest absolute Gasteiger partial charge is 0.390 e. The van der Waals surface area contributed by atoms with Gasteiger partial charge in [-0.25, -0.2) is 72.2 Å². The summed E-state index contributed by atoms with van der Waals surface area (Å²) in [6, 6.07) is -2.79. The van der Waals surface area contributed by atoms with Gasteiger partial charge in [-0.2, -0.15) is 12.9 Å². The van der Waals surface area contributed by atoms with Gasteiger partial charge in [-0.05, 0) is 49.9 Å². The van der Waals surface area contributed by atoms with E-state index in [1.54, 1.807) is 34.9 Å². The van der Waals surface area contributed by atoms with Crippen molar-refractivity contribution in [2.75, 3.05) is 75.0 Å². The van der Waals surface area contributed by atoms with Crippen LogP contribution in [0.2, 0.25) is 0 Å². The fourth-order valence-electron chi connectivity index (χ4n) is 12.7. The minimum absolute atomic E-state index is 0.0452. The summed E-state index contributed by atoms with van der Waals surface area (Å²) in [5.41, 5.74) is -3.06. The Bertz CT molecular complexity index is 4170. The highest BCUT2D eigenvalue weighted by molar-refractivity contribution is 7.98. The molecule has 6 aromatic heterocycles. The van der Waals surface area contributed by atoms with Crippen molar-refractivity contribution in [3.63, 3.8) is 0 Å². The lowest BCUT2D eigenvalue weighted by atomic mass is 9.87. The van der Waals surface area contributed by atoms with Crippen LogP contribution in [0.5, 0.6) is 0 Å². The van der Waals surface area contributed by atoms with Crippen molar-refractivity contribution in [2.45, 2.75) is 96.4 Å². The highest BCUT2D eigenvalue weighted by Gasteiger charge is 2.74. The molecule has 42 nitrogen and oxygen atoms in total. The number of aliphatic hydroxyl groups excluding tert-OH is 4. The topological polar surface area (TPSA) is 606 Å². The number of anilines is 3. The quantitative estimate of drug-likeness (QED) is 0.0131. The number of hydrogen-bond acceptors (Lipinski definition) is 33. The lowest BCUT2D eigenvalue weighted by molar-refractivity contribution is -0.0690. The van der Waals surface area contributed by atoms with Gasteiger partial charge in [-0.1, -0.05) is 42.2 Å². The van der Waals surface area contributed by atoms with Crippen LogP contribution in [0.15, 0.2) is 34.5 Å². The molecule has 5 aliphatic carbocycles. The zero-order valence-corrected chi connectivity index (χ0v) is 56.4. The molecular weight excluding hydrogens is 1430 g/mol. The van der Waals surface area contributed by atoms with Crippen LogP contribution in [-0.2, 0) is 63.4 Å². The van der Waals surface area contributed by atoms with Gasteiger partial charge in [0.2, 0.25) is 0 Å². The van der Waals surface area contributed by atoms with Crippen LogP contribution < -0.4 is 16.0 Å². The summed E-state index contributed by atoms with van der Waals surface area (Å²) in [5, 5.41) is 56.7. The molecule has 51 heteroatoms. The number of imidazole rings is 3. The van der Waals surface area contributed by atoms with Crippen molar-refractivity contribution >= 4 is 133 Å². The Kier molecular flexibility index (Phi) is 19.6. The summed E-state index contributed by atoms with van der Waals surface area (Å²) in [4.78, 5) is 128. The summed E-state index contributed by atoms with van der Waals surface area (Å²) in [6.07, 6.45) is 0.712. The molecule has 11 rings (SSSR count). The third kappa shape index (κ3) is 14.3. The van der Waals surface area contributed by atoms with Crippen LogP contribution in [-0.4, -0.2) is 219 Å². The second kappa shape index (κ2) is 25.7. The average Bonchev–Trinajstić information content (AvgIpc) is 1.53. The number of rotatable bonds is 30. The van der Waals surface area contributed by atoms with Crippen molar-refractivity contribution in [1.82, 2.24) is 58.6 Å². The maximum Gasteiger partial charge on any atom is 0.490 e. The van der Waals surface area contributed by atoms with Gasteiger partial charge in [-0.3, -0.25) is 13.6 Å². The van der Waals surface area contributed by atoms with Gasteiger partial charge in [0.25, 0.3) is 0 Å². The number of thioether (sulfide) groups is 3. The standard InChI is InChI=1S/C42H61N15O27P6S3/c1-40(9-80-89(73,74)84-90(75,76)83-87(68,69)70)8-19(55-12-44-20-31(43-2)49-37(91-3)52-34(20)55)26(29(40)60)77-15-47-33-22-36(54-39(51-33)93-5)57(14-46-22)24-18-7-42(18,11-81-88(71,72)82-86(65,66)67)30(61)27(24)78-16-48-32-21-35(53-38(50-32)92-4)56(13-45-21)23-17-6-41(17,28(59)25(23)58)10-79-85(62,63)64/h12-14,17-19,23-30,58-61H,6-11,15-16H2,1-5H3,(H,71,72)(H,73,74)(H,75,76)(H,43,49,52)(H,47,51,54)(H,48,50,53)(H2,62,63,64)(H2,65,66,67)(H2,68,69,70)/t17?,18-,19-,23-,24-,25+,26+,27+,28+,29+,30+,40-,41+,42+/m1/s1. The van der Waals surface area contributed by atoms with Crippen LogP contribution in [0.25, 0.3) is 33.5 Å². The number of nitrogens with one attached hydrogen (secondary N) is 3. The van der Waals surface area contributed by atoms with E-state index in [0.717, 1.165) is 23.5 Å². The largest absolute Gasteiger partial charge is 0.490 e. The summed E-state index contributed by atoms with van der Waals surface area (Å²) >= 11 is 3.44. The molecule has 5 saturated carbocycles. The Hall–Kier alpha value is -3.36. The first kappa shape index (κ1) is 70.9. The van der Waals surface area contributed by atoms with Crippen molar-refractivity contribution in [2.24, 2.45) is 28.1 Å². The molecule has 17 atom stereocenters. The molecule has 0 aliphatic heterocycles. The third-order valence-corrected chi connectivity index (χ3v) is 25.0. The SMILES string of the molecule is CNc1nc(SC)nc2c1ncn2[C@@H]1C[C@](C)(COP(=O)(O)OP(=O)(O)OP(=O)(O)O)[C@@H](O)[C@H]1OCNc1nc(SC)nc2c1ncn2[C@H]1[C@H](OCNc2nc(SC)nc3c2ncn3[C@@H]2C3C[C@@]3(COP(=O)(O)O)[C@@H](O)[C@H]2O)[C@H](O)[C@]2(COP(=O)(O)OP(=O)(O)O)C[C@H]12. The number of phosphoric acid groups is 6. The maximum absolute atomic E-state index is 13.0. The number of aromatic nitrogens is 12. The fourth-order valence-corrected chi connectivity index (χ4v) is 19.0. The molecule has 0 saturated heterocycles. The van der Waals surface area contributed by atoms with E-state index in [2.05, 4.69) is 68.8 Å². The molecule has 6 heterocycles. The van der Waals surface area contributed by atoms with Crippen LogP contribution in [0.4, 0.5) is 17.5 Å². The van der Waals surface area contributed by atoms with Gasteiger partial charge in [0.15, 0.2) is 66.4 Å². The van der Waals surface area contributed by atoms with Gasteiger partial charge in [0, 0.05) is 23.3 Å². The van der Waals surface area contributed by atoms with E-state index in [4.69, 9.17) is 37.8 Å². The Morgan fingerprint density at radius 2 is 0.946 bits per heavy atom. The number of aliphatic hydroxyl groups is 4. The first-order valence-corrected chi connectivity index (χ1v) is 39.8. The predicted octanol–water partition coefficient (Wildman–Crippen LogP) is 1.42. The number of fused-ring (bicyclic) bond motifs is 5. The van der Waals surface area contributed by atoms with Crippen molar-refractivity contribution in [1.29, 1.82) is 0 Å². The first-order valence-electron chi connectivity index (χ1n) is 27.1. The first-order chi connectivity index (χ1) is 43.4.